The molecule has 0 bridgehead atoms. The Bertz CT molecular complexity index is 362. The molecule has 19 heavy (non-hydrogen) atoms. The number of hydrogen-bond acceptors (Lipinski definition) is 3. The second-order valence-electron chi connectivity index (χ2n) is 4.92. The summed E-state index contributed by atoms with van der Waals surface area (Å²) in [6.07, 6.45) is 3.90. The quantitative estimate of drug-likeness (QED) is 0.757. The summed E-state index contributed by atoms with van der Waals surface area (Å²) in [6, 6.07) is -0.409. The van der Waals surface area contributed by atoms with Gasteiger partial charge in [-0.05, 0) is 19.3 Å². The van der Waals surface area contributed by atoms with E-state index >= 15 is 0 Å². The van der Waals surface area contributed by atoms with Crippen molar-refractivity contribution in [2.24, 2.45) is 0 Å². The van der Waals surface area contributed by atoms with Gasteiger partial charge >= 0.3 is 12.0 Å². The molecule has 1 aliphatic heterocycles. The Morgan fingerprint density at radius 2 is 2.21 bits per heavy atom. The maximum Gasteiger partial charge on any atom is 0.317 e. The van der Waals surface area contributed by atoms with E-state index in [1.807, 2.05) is 6.92 Å². The van der Waals surface area contributed by atoms with Crippen LogP contribution < -0.4 is 5.32 Å². The zero-order valence-corrected chi connectivity index (χ0v) is 12.2. The van der Waals surface area contributed by atoms with Crippen molar-refractivity contribution in [3.63, 3.8) is 0 Å². The third-order valence-electron chi connectivity index (χ3n) is 3.44. The molecule has 0 aromatic rings. The van der Waals surface area contributed by atoms with Gasteiger partial charge in [0.2, 0.25) is 0 Å². The van der Waals surface area contributed by atoms with Crippen molar-refractivity contribution in [3.8, 4) is 0 Å². The van der Waals surface area contributed by atoms with Crippen molar-refractivity contribution < 1.29 is 18.9 Å². The smallest absolute Gasteiger partial charge is 0.317 e. The first kappa shape index (κ1) is 15.9. The number of carbonyl (C=O) groups excluding carboxylic acids is 1. The van der Waals surface area contributed by atoms with E-state index in [-0.39, 0.29) is 23.7 Å². The summed E-state index contributed by atoms with van der Waals surface area (Å²) in [5.41, 5.74) is 0. The Labute approximate surface area is 116 Å². The van der Waals surface area contributed by atoms with Gasteiger partial charge in [-0.3, -0.25) is 9.00 Å². The Morgan fingerprint density at radius 3 is 2.79 bits per heavy atom. The summed E-state index contributed by atoms with van der Waals surface area (Å²) < 4.78 is 11.2. The average Bonchev–Trinajstić information content (AvgIpc) is 2.75. The minimum atomic E-state index is -0.884. The van der Waals surface area contributed by atoms with Crippen LogP contribution in [0.4, 0.5) is 4.79 Å². The molecule has 0 radical (unpaired) electrons. The fourth-order valence-electron chi connectivity index (χ4n) is 2.17. The number of carbonyl (C=O) groups is 2. The molecule has 7 heteroatoms. The third kappa shape index (κ3) is 5.18. The van der Waals surface area contributed by atoms with Crippen molar-refractivity contribution in [2.45, 2.75) is 43.9 Å². The minimum absolute atomic E-state index is 0.00278. The van der Waals surface area contributed by atoms with Gasteiger partial charge < -0.3 is 15.3 Å². The zero-order chi connectivity index (χ0) is 14.4. The molecular formula is C12H22N2O4S. The van der Waals surface area contributed by atoms with Crippen LogP contribution in [0.2, 0.25) is 0 Å². The average molecular weight is 290 g/mol. The van der Waals surface area contributed by atoms with Gasteiger partial charge in [0.1, 0.15) is 0 Å². The molecule has 2 amide bonds. The standard InChI is InChI=1S/C12H22N2O4S/c1-9(19(2)18)5-6-13-12(17)14-7-3-4-10(14)8-11(15)16/h9-10H,3-8H2,1-2H3,(H,13,17)(H,15,16). The Kier molecular flexibility index (Phi) is 6.27. The Hall–Kier alpha value is -1.11. The number of nitrogens with one attached hydrogen (secondary N) is 1. The van der Waals surface area contributed by atoms with Gasteiger partial charge in [0.05, 0.1) is 6.42 Å². The van der Waals surface area contributed by atoms with Gasteiger partial charge in [0.15, 0.2) is 0 Å². The normalized spacial score (nSPS) is 22.0. The number of amides is 2. The van der Waals surface area contributed by atoms with Crippen LogP contribution in [0.25, 0.3) is 0 Å². The highest BCUT2D eigenvalue weighted by Crippen LogP contribution is 2.19. The topological polar surface area (TPSA) is 86.7 Å². The molecule has 3 atom stereocenters. The van der Waals surface area contributed by atoms with E-state index in [9.17, 15) is 13.8 Å². The highest BCUT2D eigenvalue weighted by Gasteiger charge is 2.30. The third-order valence-corrected chi connectivity index (χ3v) is 4.81. The first-order chi connectivity index (χ1) is 8.91. The van der Waals surface area contributed by atoms with Crippen LogP contribution in [0.1, 0.15) is 32.6 Å². The van der Waals surface area contributed by atoms with Crippen LogP contribution in [0.5, 0.6) is 0 Å². The molecule has 6 nitrogen and oxygen atoms in total. The summed E-state index contributed by atoms with van der Waals surface area (Å²) in [6.45, 7) is 2.96. The second kappa shape index (κ2) is 7.47. The summed E-state index contributed by atoms with van der Waals surface area (Å²) in [7, 11) is -0.884. The lowest BCUT2D eigenvalue weighted by Gasteiger charge is -2.24. The molecule has 2 N–H and O–H groups in total. The van der Waals surface area contributed by atoms with Gasteiger partial charge in [-0.15, -0.1) is 0 Å². The highest BCUT2D eigenvalue weighted by atomic mass is 32.2. The Balaban J connectivity index is 2.36. The molecule has 1 aliphatic rings. The van der Waals surface area contributed by atoms with Crippen LogP contribution in [0.15, 0.2) is 0 Å². The fraction of sp³-hybridized carbons (Fsp3) is 0.833. The number of carboxylic acid groups (broad SMARTS) is 1. The first-order valence-corrected chi connectivity index (χ1v) is 8.12. The monoisotopic (exact) mass is 290 g/mol. The Morgan fingerprint density at radius 1 is 1.53 bits per heavy atom. The number of likely N-dealkylation sites (tertiary alicyclic amines) is 1. The van der Waals surface area contributed by atoms with E-state index in [0.29, 0.717) is 19.5 Å². The van der Waals surface area contributed by atoms with Crippen molar-refractivity contribution in [1.29, 1.82) is 0 Å². The molecule has 1 heterocycles. The molecule has 0 spiro atoms. The molecular weight excluding hydrogens is 268 g/mol. The second-order valence-corrected chi connectivity index (χ2v) is 6.72. The summed E-state index contributed by atoms with van der Waals surface area (Å²) in [5, 5.41) is 11.6. The molecule has 1 fully saturated rings. The van der Waals surface area contributed by atoms with E-state index in [1.54, 1.807) is 11.2 Å². The molecule has 110 valence electrons. The molecule has 1 saturated heterocycles. The lowest BCUT2D eigenvalue weighted by atomic mass is 10.1. The van der Waals surface area contributed by atoms with Crippen molar-refractivity contribution in [2.75, 3.05) is 19.3 Å². The predicted octanol–water partition coefficient (Wildman–Crippen LogP) is 0.792. The maximum atomic E-state index is 11.9. The summed E-state index contributed by atoms with van der Waals surface area (Å²) in [5.74, 6) is -0.875. The fourth-order valence-corrected chi connectivity index (χ4v) is 2.62. The van der Waals surface area contributed by atoms with Crippen LogP contribution in [0.3, 0.4) is 0 Å². The highest BCUT2D eigenvalue weighted by molar-refractivity contribution is 7.84. The number of nitrogens with zero attached hydrogens (tertiary/aromatic N) is 1. The zero-order valence-electron chi connectivity index (χ0n) is 11.4. The van der Waals surface area contributed by atoms with E-state index in [1.165, 1.54) is 0 Å². The van der Waals surface area contributed by atoms with Gasteiger partial charge in [0.25, 0.3) is 0 Å². The van der Waals surface area contributed by atoms with Crippen LogP contribution in [0, 0.1) is 0 Å². The van der Waals surface area contributed by atoms with Crippen LogP contribution >= 0.6 is 0 Å². The van der Waals surface area contributed by atoms with Gasteiger partial charge in [0, 0.05) is 41.4 Å². The number of urea groups is 1. The van der Waals surface area contributed by atoms with Crippen molar-refractivity contribution in [3.05, 3.63) is 0 Å². The number of rotatable bonds is 6. The van der Waals surface area contributed by atoms with Crippen LogP contribution in [-0.2, 0) is 15.6 Å². The van der Waals surface area contributed by atoms with E-state index in [4.69, 9.17) is 5.11 Å². The molecule has 0 saturated carbocycles. The maximum absolute atomic E-state index is 11.9. The predicted molar refractivity (Wildman–Crippen MR) is 73.5 cm³/mol. The molecule has 0 aromatic heterocycles. The number of hydrogen-bond donors (Lipinski definition) is 2. The van der Waals surface area contributed by atoms with E-state index in [0.717, 1.165) is 12.8 Å². The number of aliphatic carboxylic acids is 1. The van der Waals surface area contributed by atoms with E-state index in [2.05, 4.69) is 5.32 Å². The van der Waals surface area contributed by atoms with Crippen molar-refractivity contribution in [1.82, 2.24) is 10.2 Å². The molecule has 0 aliphatic carbocycles. The molecule has 1 rings (SSSR count). The first-order valence-electron chi connectivity index (χ1n) is 6.50. The largest absolute Gasteiger partial charge is 0.481 e. The minimum Gasteiger partial charge on any atom is -0.481 e. The summed E-state index contributed by atoms with van der Waals surface area (Å²) in [4.78, 5) is 24.2. The van der Waals surface area contributed by atoms with Gasteiger partial charge in [-0.1, -0.05) is 6.92 Å². The molecule has 3 unspecified atom stereocenters. The lowest BCUT2D eigenvalue weighted by molar-refractivity contribution is -0.137. The molecule has 0 aromatic carbocycles. The number of carboxylic acids is 1. The SMILES string of the molecule is CC(CCNC(=O)N1CCCC1CC(=O)O)S(C)=O. The van der Waals surface area contributed by atoms with Gasteiger partial charge in [-0.2, -0.15) is 0 Å². The van der Waals surface area contributed by atoms with E-state index < -0.39 is 16.8 Å². The van der Waals surface area contributed by atoms with Gasteiger partial charge in [-0.25, -0.2) is 4.79 Å². The van der Waals surface area contributed by atoms with Crippen molar-refractivity contribution >= 4 is 22.8 Å². The lowest BCUT2D eigenvalue weighted by Crippen LogP contribution is -2.44. The van der Waals surface area contributed by atoms with Crippen LogP contribution in [-0.4, -0.2) is 56.9 Å². The summed E-state index contributed by atoms with van der Waals surface area (Å²) >= 11 is 0.